The number of carbonyl (C=O) groups excluding carboxylic acids is 1. The van der Waals surface area contributed by atoms with E-state index in [0.717, 1.165) is 11.3 Å². The van der Waals surface area contributed by atoms with Gasteiger partial charge in [-0.25, -0.2) is 9.79 Å². The molecule has 0 N–H and O–H groups in total. The van der Waals surface area contributed by atoms with Gasteiger partial charge in [-0.1, -0.05) is 48.5 Å². The van der Waals surface area contributed by atoms with Gasteiger partial charge in [0.25, 0.3) is 0 Å². The highest BCUT2D eigenvalue weighted by Crippen LogP contribution is 2.13. The monoisotopic (exact) mass is 239 g/mol. The highest BCUT2D eigenvalue weighted by atomic mass is 16.5. The highest BCUT2D eigenvalue weighted by molar-refractivity contribution is 6.43. The van der Waals surface area contributed by atoms with Crippen molar-refractivity contribution >= 4 is 17.4 Å². The Bertz CT molecular complexity index is 547. The fraction of sp³-hybridized carbons (Fsp3) is 0.0667. The van der Waals surface area contributed by atoms with Crippen LogP contribution in [0.15, 0.2) is 65.7 Å². The van der Waals surface area contributed by atoms with Gasteiger partial charge in [-0.2, -0.15) is 0 Å². The van der Waals surface area contributed by atoms with Crippen molar-refractivity contribution in [3.8, 4) is 0 Å². The summed E-state index contributed by atoms with van der Waals surface area (Å²) >= 11 is 0. The van der Waals surface area contributed by atoms with Gasteiger partial charge in [-0.05, 0) is 12.1 Å². The maximum Gasteiger partial charge on any atom is 0.357 e. The maximum atomic E-state index is 11.8. The molecule has 0 aliphatic carbocycles. The summed E-state index contributed by atoms with van der Waals surface area (Å²) in [5.74, 6) is -0.440. The molecule has 0 aromatic heterocycles. The predicted octanol–water partition coefficient (Wildman–Crippen LogP) is 2.98. The third kappa shape index (κ3) is 2.83. The van der Waals surface area contributed by atoms with Crippen LogP contribution in [0, 0.1) is 0 Å². The van der Waals surface area contributed by atoms with E-state index in [9.17, 15) is 4.79 Å². The summed E-state index contributed by atoms with van der Waals surface area (Å²) in [6, 6.07) is 18.6. The quantitative estimate of drug-likeness (QED) is 0.610. The van der Waals surface area contributed by atoms with Gasteiger partial charge in [0.05, 0.1) is 12.8 Å². The molecule has 2 rings (SSSR count). The third-order valence-electron chi connectivity index (χ3n) is 2.42. The van der Waals surface area contributed by atoms with Crippen LogP contribution in [0.25, 0.3) is 0 Å². The van der Waals surface area contributed by atoms with Gasteiger partial charge in [0.1, 0.15) is 0 Å². The molecule has 2 aromatic carbocycles. The molecule has 0 heterocycles. The molecule has 0 radical (unpaired) electrons. The molecule has 0 aliphatic heterocycles. The zero-order chi connectivity index (χ0) is 12.8. The Balaban J connectivity index is 2.44. The minimum Gasteiger partial charge on any atom is -0.464 e. The van der Waals surface area contributed by atoms with E-state index in [1.54, 1.807) is 0 Å². The number of hydrogen-bond acceptors (Lipinski definition) is 3. The second-order valence-electron chi connectivity index (χ2n) is 3.65. The first kappa shape index (κ1) is 12.0. The van der Waals surface area contributed by atoms with Crippen molar-refractivity contribution < 1.29 is 9.53 Å². The number of benzene rings is 2. The van der Waals surface area contributed by atoms with Gasteiger partial charge in [0, 0.05) is 5.56 Å². The van der Waals surface area contributed by atoms with Gasteiger partial charge in [-0.15, -0.1) is 0 Å². The van der Waals surface area contributed by atoms with Crippen LogP contribution in [0.3, 0.4) is 0 Å². The Morgan fingerprint density at radius 1 is 0.944 bits per heavy atom. The molecular weight excluding hydrogens is 226 g/mol. The number of aliphatic imine (C=N–C) groups is 1. The topological polar surface area (TPSA) is 38.7 Å². The summed E-state index contributed by atoms with van der Waals surface area (Å²) in [6.45, 7) is 0. The highest BCUT2D eigenvalue weighted by Gasteiger charge is 2.13. The van der Waals surface area contributed by atoms with Crippen LogP contribution in [-0.4, -0.2) is 18.8 Å². The second kappa shape index (κ2) is 5.77. The number of nitrogens with zero attached hydrogens (tertiary/aromatic N) is 1. The minimum absolute atomic E-state index is 0.310. The molecular formula is C15H13NO2. The molecule has 0 saturated heterocycles. The molecule has 18 heavy (non-hydrogen) atoms. The lowest BCUT2D eigenvalue weighted by Gasteiger charge is -2.04. The number of para-hydroxylation sites is 1. The molecule has 0 amide bonds. The fourth-order valence-corrected chi connectivity index (χ4v) is 1.55. The lowest BCUT2D eigenvalue weighted by Crippen LogP contribution is -2.16. The summed E-state index contributed by atoms with van der Waals surface area (Å²) in [5.41, 5.74) is 1.78. The van der Waals surface area contributed by atoms with E-state index >= 15 is 0 Å². The first-order chi connectivity index (χ1) is 8.81. The third-order valence-corrected chi connectivity index (χ3v) is 2.42. The average molecular weight is 239 g/mol. The standard InChI is InChI=1S/C15H13NO2/c1-18-15(17)14(12-8-4-2-5-9-12)16-13-10-6-3-7-11-13/h2-11H,1H3/b16-14+. The molecule has 0 fully saturated rings. The summed E-state index contributed by atoms with van der Waals surface area (Å²) in [6.07, 6.45) is 0. The van der Waals surface area contributed by atoms with Gasteiger partial charge in [-0.3, -0.25) is 0 Å². The summed E-state index contributed by atoms with van der Waals surface area (Å²) in [4.78, 5) is 16.1. The first-order valence-electron chi connectivity index (χ1n) is 5.59. The van der Waals surface area contributed by atoms with Crippen molar-refractivity contribution in [1.82, 2.24) is 0 Å². The number of hydrogen-bond donors (Lipinski definition) is 0. The molecule has 0 bridgehead atoms. The number of esters is 1. The van der Waals surface area contributed by atoms with Crippen LogP contribution in [0.2, 0.25) is 0 Å². The Morgan fingerprint density at radius 3 is 2.06 bits per heavy atom. The molecule has 3 nitrogen and oxygen atoms in total. The van der Waals surface area contributed by atoms with Crippen LogP contribution in [-0.2, 0) is 9.53 Å². The lowest BCUT2D eigenvalue weighted by atomic mass is 10.1. The Hall–Kier alpha value is -2.42. The van der Waals surface area contributed by atoms with Crippen LogP contribution in [0.4, 0.5) is 5.69 Å². The second-order valence-corrected chi connectivity index (χ2v) is 3.65. The molecule has 0 unspecified atom stereocenters. The molecule has 2 aromatic rings. The molecule has 90 valence electrons. The van der Waals surface area contributed by atoms with E-state index in [4.69, 9.17) is 4.74 Å². The van der Waals surface area contributed by atoms with E-state index in [1.165, 1.54) is 7.11 Å². The van der Waals surface area contributed by atoms with Crippen LogP contribution < -0.4 is 0 Å². The molecule has 3 heteroatoms. The number of rotatable bonds is 3. The normalized spacial score (nSPS) is 11.1. The van der Waals surface area contributed by atoms with Crippen LogP contribution >= 0.6 is 0 Å². The lowest BCUT2D eigenvalue weighted by molar-refractivity contribution is -0.132. The predicted molar refractivity (Wildman–Crippen MR) is 71.1 cm³/mol. The molecule has 0 saturated carbocycles. The van der Waals surface area contributed by atoms with Crippen molar-refractivity contribution in [2.24, 2.45) is 4.99 Å². The van der Waals surface area contributed by atoms with E-state index in [0.29, 0.717) is 5.71 Å². The summed E-state index contributed by atoms with van der Waals surface area (Å²) in [7, 11) is 1.35. The van der Waals surface area contributed by atoms with E-state index < -0.39 is 5.97 Å². The number of ether oxygens (including phenoxy) is 1. The first-order valence-corrected chi connectivity index (χ1v) is 5.59. The van der Waals surface area contributed by atoms with Crippen LogP contribution in [0.5, 0.6) is 0 Å². The zero-order valence-electron chi connectivity index (χ0n) is 10.0. The van der Waals surface area contributed by atoms with E-state index in [2.05, 4.69) is 4.99 Å². The van der Waals surface area contributed by atoms with E-state index in [-0.39, 0.29) is 0 Å². The zero-order valence-corrected chi connectivity index (χ0v) is 10.0. The van der Waals surface area contributed by atoms with Crippen molar-refractivity contribution in [2.75, 3.05) is 7.11 Å². The molecule has 0 spiro atoms. The van der Waals surface area contributed by atoms with E-state index in [1.807, 2.05) is 60.7 Å². The van der Waals surface area contributed by atoms with Crippen molar-refractivity contribution in [1.29, 1.82) is 0 Å². The molecule has 0 aliphatic rings. The van der Waals surface area contributed by atoms with Crippen molar-refractivity contribution in [3.05, 3.63) is 66.2 Å². The Labute approximate surface area is 106 Å². The largest absolute Gasteiger partial charge is 0.464 e. The Morgan fingerprint density at radius 2 is 1.50 bits per heavy atom. The minimum atomic E-state index is -0.440. The summed E-state index contributed by atoms with van der Waals surface area (Å²) in [5, 5.41) is 0. The van der Waals surface area contributed by atoms with Crippen molar-refractivity contribution in [3.63, 3.8) is 0 Å². The Kier molecular flexibility index (Phi) is 3.86. The fourth-order valence-electron chi connectivity index (χ4n) is 1.55. The van der Waals surface area contributed by atoms with Gasteiger partial charge < -0.3 is 4.74 Å². The number of methoxy groups -OCH3 is 1. The SMILES string of the molecule is COC(=O)/C(=N/c1ccccc1)c1ccccc1. The van der Waals surface area contributed by atoms with Gasteiger partial charge >= 0.3 is 5.97 Å². The number of carbonyl (C=O) groups is 1. The smallest absolute Gasteiger partial charge is 0.357 e. The van der Waals surface area contributed by atoms with Crippen LogP contribution in [0.1, 0.15) is 5.56 Å². The van der Waals surface area contributed by atoms with Gasteiger partial charge in [0.2, 0.25) is 0 Å². The molecule has 0 atom stereocenters. The summed E-state index contributed by atoms with van der Waals surface area (Å²) < 4.78 is 4.77. The van der Waals surface area contributed by atoms with Crippen molar-refractivity contribution in [2.45, 2.75) is 0 Å². The maximum absolute atomic E-state index is 11.8. The van der Waals surface area contributed by atoms with Gasteiger partial charge in [0.15, 0.2) is 5.71 Å². The average Bonchev–Trinajstić information content (AvgIpc) is 2.46.